The lowest BCUT2D eigenvalue weighted by atomic mass is 10.1. The Labute approximate surface area is 92.8 Å². The van der Waals surface area contributed by atoms with Crippen LogP contribution in [-0.4, -0.2) is 12.2 Å². The summed E-state index contributed by atoms with van der Waals surface area (Å²) in [5.74, 6) is 0. The highest BCUT2D eigenvalue weighted by Crippen LogP contribution is 2.14. The van der Waals surface area contributed by atoms with Crippen molar-refractivity contribution in [1.82, 2.24) is 5.43 Å². The van der Waals surface area contributed by atoms with Crippen LogP contribution in [0.5, 0.6) is 0 Å². The van der Waals surface area contributed by atoms with Gasteiger partial charge in [0.15, 0.2) is 0 Å². The summed E-state index contributed by atoms with van der Waals surface area (Å²) in [6.45, 7) is 0. The molecule has 80 valence electrons. The third-order valence-corrected chi connectivity index (χ3v) is 2.16. The number of hydrogen-bond donors (Lipinski definition) is 2. The van der Waals surface area contributed by atoms with E-state index in [9.17, 15) is 4.79 Å². The number of carbonyl (C=O) groups excluding carboxylic acids is 1. The molecule has 4 heteroatoms. The minimum atomic E-state index is -0.669. The highest BCUT2D eigenvalue weighted by Gasteiger charge is 1.93. The molecule has 0 aliphatic carbocycles. The lowest BCUT2D eigenvalue weighted by Crippen LogP contribution is -2.24. The van der Waals surface area contributed by atoms with Crippen molar-refractivity contribution in [2.45, 2.75) is 0 Å². The van der Waals surface area contributed by atoms with Crippen LogP contribution in [0.4, 0.5) is 4.79 Å². The van der Waals surface area contributed by atoms with E-state index in [-0.39, 0.29) is 0 Å². The van der Waals surface area contributed by atoms with Crippen molar-refractivity contribution in [2.75, 3.05) is 0 Å². The van der Waals surface area contributed by atoms with Crippen molar-refractivity contribution < 1.29 is 4.79 Å². The van der Waals surface area contributed by atoms with Crippen molar-refractivity contribution >= 4 is 23.0 Å². The topological polar surface area (TPSA) is 67.5 Å². The second kappa shape index (κ2) is 4.44. The van der Waals surface area contributed by atoms with Gasteiger partial charge in [-0.2, -0.15) is 5.10 Å². The zero-order chi connectivity index (χ0) is 11.4. The summed E-state index contributed by atoms with van der Waals surface area (Å²) in [6.07, 6.45) is 1.55. The van der Waals surface area contributed by atoms with E-state index in [1.54, 1.807) is 6.21 Å². The third-order valence-electron chi connectivity index (χ3n) is 2.16. The van der Waals surface area contributed by atoms with Gasteiger partial charge >= 0.3 is 6.03 Å². The van der Waals surface area contributed by atoms with Gasteiger partial charge in [0.2, 0.25) is 0 Å². The van der Waals surface area contributed by atoms with Gasteiger partial charge in [-0.25, -0.2) is 10.2 Å². The molecule has 0 radical (unpaired) electrons. The molecule has 0 fully saturated rings. The molecule has 0 saturated heterocycles. The zero-order valence-electron chi connectivity index (χ0n) is 8.55. The summed E-state index contributed by atoms with van der Waals surface area (Å²) in [5, 5.41) is 6.00. The van der Waals surface area contributed by atoms with Crippen LogP contribution < -0.4 is 11.2 Å². The number of rotatable bonds is 2. The Hall–Kier alpha value is -2.36. The Morgan fingerprint density at radius 3 is 2.69 bits per heavy atom. The third kappa shape index (κ3) is 2.36. The molecule has 16 heavy (non-hydrogen) atoms. The maximum Gasteiger partial charge on any atom is 0.332 e. The molecular formula is C12H11N3O. The highest BCUT2D eigenvalue weighted by atomic mass is 16.2. The summed E-state index contributed by atoms with van der Waals surface area (Å²) in [6, 6.07) is 13.3. The van der Waals surface area contributed by atoms with Crippen LogP contribution in [-0.2, 0) is 0 Å². The molecule has 0 unspecified atom stereocenters. The Morgan fingerprint density at radius 2 is 1.94 bits per heavy atom. The van der Waals surface area contributed by atoms with Crippen LogP contribution in [0.1, 0.15) is 5.56 Å². The van der Waals surface area contributed by atoms with Crippen LogP contribution in [0, 0.1) is 0 Å². The van der Waals surface area contributed by atoms with Crippen molar-refractivity contribution in [3.63, 3.8) is 0 Å². The Bertz CT molecular complexity index is 549. The molecule has 2 aromatic rings. The summed E-state index contributed by atoms with van der Waals surface area (Å²) in [5.41, 5.74) is 7.94. The number of benzene rings is 2. The number of nitrogens with two attached hydrogens (primary N) is 1. The molecule has 2 aromatic carbocycles. The van der Waals surface area contributed by atoms with E-state index in [4.69, 9.17) is 5.73 Å². The number of fused-ring (bicyclic) bond motifs is 1. The maximum absolute atomic E-state index is 10.4. The second-order valence-corrected chi connectivity index (χ2v) is 3.34. The summed E-state index contributed by atoms with van der Waals surface area (Å²) < 4.78 is 0. The fraction of sp³-hybridized carbons (Fsp3) is 0. The van der Waals surface area contributed by atoms with Gasteiger partial charge < -0.3 is 5.73 Å². The van der Waals surface area contributed by atoms with E-state index in [0.717, 1.165) is 10.9 Å². The molecule has 0 aliphatic heterocycles. The molecule has 0 bridgehead atoms. The fourth-order valence-corrected chi connectivity index (χ4v) is 1.46. The lowest BCUT2D eigenvalue weighted by molar-refractivity contribution is 0.249. The number of primary amides is 1. The summed E-state index contributed by atoms with van der Waals surface area (Å²) in [4.78, 5) is 10.4. The van der Waals surface area contributed by atoms with Gasteiger partial charge in [0, 0.05) is 0 Å². The van der Waals surface area contributed by atoms with Gasteiger partial charge in [-0.05, 0) is 22.4 Å². The van der Waals surface area contributed by atoms with Gasteiger partial charge in [0.25, 0.3) is 0 Å². The molecule has 0 saturated carbocycles. The van der Waals surface area contributed by atoms with Crippen LogP contribution in [0.15, 0.2) is 47.6 Å². The van der Waals surface area contributed by atoms with Crippen molar-refractivity contribution in [1.29, 1.82) is 0 Å². The first-order valence-electron chi connectivity index (χ1n) is 4.83. The first-order valence-corrected chi connectivity index (χ1v) is 4.83. The predicted octanol–water partition coefficient (Wildman–Crippen LogP) is 1.84. The van der Waals surface area contributed by atoms with Crippen LogP contribution in [0.25, 0.3) is 10.8 Å². The largest absolute Gasteiger partial charge is 0.350 e. The highest BCUT2D eigenvalue weighted by molar-refractivity contribution is 5.90. The molecule has 4 nitrogen and oxygen atoms in total. The van der Waals surface area contributed by atoms with Gasteiger partial charge in [-0.1, -0.05) is 36.4 Å². The van der Waals surface area contributed by atoms with Gasteiger partial charge in [-0.3, -0.25) is 0 Å². The molecule has 0 atom stereocenters. The average Bonchev–Trinajstić information content (AvgIpc) is 2.28. The van der Waals surface area contributed by atoms with E-state index in [1.807, 2.05) is 42.5 Å². The number of nitrogens with one attached hydrogen (secondary N) is 1. The molecule has 3 N–H and O–H groups in total. The SMILES string of the molecule is NC(=O)N/N=C\c1ccc2ccccc2c1. The van der Waals surface area contributed by atoms with Gasteiger partial charge in [-0.15, -0.1) is 0 Å². The number of nitrogens with zero attached hydrogens (tertiary/aromatic N) is 1. The van der Waals surface area contributed by atoms with Crippen LogP contribution >= 0.6 is 0 Å². The first kappa shape index (κ1) is 10.2. The van der Waals surface area contributed by atoms with E-state index in [0.29, 0.717) is 0 Å². The number of urea groups is 1. The van der Waals surface area contributed by atoms with Crippen molar-refractivity contribution in [3.8, 4) is 0 Å². The van der Waals surface area contributed by atoms with Gasteiger partial charge in [0.1, 0.15) is 0 Å². The number of amides is 2. The predicted molar refractivity (Wildman–Crippen MR) is 64.3 cm³/mol. The normalized spacial score (nSPS) is 10.8. The number of carbonyl (C=O) groups is 1. The van der Waals surface area contributed by atoms with E-state index >= 15 is 0 Å². The number of hydrogen-bond acceptors (Lipinski definition) is 2. The summed E-state index contributed by atoms with van der Waals surface area (Å²) >= 11 is 0. The summed E-state index contributed by atoms with van der Waals surface area (Å²) in [7, 11) is 0. The van der Waals surface area contributed by atoms with Crippen LogP contribution in [0.2, 0.25) is 0 Å². The molecule has 0 aromatic heterocycles. The minimum absolute atomic E-state index is 0.669. The Kier molecular flexibility index (Phi) is 2.82. The maximum atomic E-state index is 10.4. The second-order valence-electron chi connectivity index (χ2n) is 3.34. The molecule has 2 amide bonds. The first-order chi connectivity index (χ1) is 7.75. The van der Waals surface area contributed by atoms with Crippen LogP contribution in [0.3, 0.4) is 0 Å². The minimum Gasteiger partial charge on any atom is -0.350 e. The lowest BCUT2D eigenvalue weighted by Gasteiger charge is -1.98. The standard InChI is InChI=1S/C12H11N3O/c13-12(16)15-14-8-9-5-6-10-3-1-2-4-11(10)7-9/h1-8H,(H3,13,15,16)/b14-8-. The zero-order valence-corrected chi connectivity index (χ0v) is 8.55. The van der Waals surface area contributed by atoms with Gasteiger partial charge in [0.05, 0.1) is 6.21 Å². The van der Waals surface area contributed by atoms with Crippen molar-refractivity contribution in [3.05, 3.63) is 48.0 Å². The fourth-order valence-electron chi connectivity index (χ4n) is 1.46. The van der Waals surface area contributed by atoms with E-state index in [2.05, 4.69) is 10.5 Å². The molecule has 0 heterocycles. The van der Waals surface area contributed by atoms with Crippen molar-refractivity contribution in [2.24, 2.45) is 10.8 Å². The quantitative estimate of drug-likeness (QED) is 0.580. The molecule has 0 aliphatic rings. The monoisotopic (exact) mass is 213 g/mol. The molecule has 0 spiro atoms. The number of hydrazone groups is 1. The molecule has 2 rings (SSSR count). The smallest absolute Gasteiger partial charge is 0.332 e. The molecular weight excluding hydrogens is 202 g/mol. The van der Waals surface area contributed by atoms with E-state index < -0.39 is 6.03 Å². The Balaban J connectivity index is 2.26. The Morgan fingerprint density at radius 1 is 1.19 bits per heavy atom. The van der Waals surface area contributed by atoms with E-state index in [1.165, 1.54) is 5.39 Å². The average molecular weight is 213 g/mol.